The summed E-state index contributed by atoms with van der Waals surface area (Å²) < 4.78 is 36.7. The van der Waals surface area contributed by atoms with E-state index in [1.54, 1.807) is 24.3 Å². The SMILES string of the molecule is Cc1ccc(S(=O)(=O)n2nc(C)c3c(-c4nc5c(c(N6CCOC[C@H]6C)n4)CN(c4cc(C6CC6)nn4C)CC5)c(C)ccc32)cc1. The Balaban J connectivity index is 1.27. The third-order valence-corrected chi connectivity index (χ3v) is 11.4. The molecule has 5 aromatic rings. The van der Waals surface area contributed by atoms with Gasteiger partial charge in [0.1, 0.15) is 11.6 Å². The number of benzene rings is 2. The lowest BCUT2D eigenvalue weighted by Gasteiger charge is -2.38. The lowest BCUT2D eigenvalue weighted by atomic mass is 9.99. The number of nitrogens with zero attached hydrogens (tertiary/aromatic N) is 8. The van der Waals surface area contributed by atoms with Crippen LogP contribution in [0.15, 0.2) is 47.4 Å². The van der Waals surface area contributed by atoms with Crippen LogP contribution in [0.5, 0.6) is 0 Å². The number of fused-ring (bicyclic) bond motifs is 2. The van der Waals surface area contributed by atoms with Crippen LogP contribution in [0, 0.1) is 20.8 Å². The smallest absolute Gasteiger partial charge is 0.283 e. The van der Waals surface area contributed by atoms with E-state index in [0.29, 0.717) is 42.7 Å². The number of aromatic nitrogens is 6. The van der Waals surface area contributed by atoms with Crippen LogP contribution in [0.3, 0.4) is 0 Å². The molecule has 1 aliphatic carbocycles. The number of anilines is 2. The van der Waals surface area contributed by atoms with Crippen molar-refractivity contribution in [2.24, 2.45) is 7.05 Å². The Labute approximate surface area is 275 Å². The molecule has 0 spiro atoms. The average molecular weight is 653 g/mol. The molecule has 1 saturated carbocycles. The minimum absolute atomic E-state index is 0.144. The third-order valence-electron chi connectivity index (χ3n) is 9.84. The van der Waals surface area contributed by atoms with Crippen molar-refractivity contribution >= 4 is 32.6 Å². The summed E-state index contributed by atoms with van der Waals surface area (Å²) in [5.41, 5.74) is 7.24. The summed E-state index contributed by atoms with van der Waals surface area (Å²) in [5.74, 6) is 3.24. The van der Waals surface area contributed by atoms with Crippen LogP contribution in [0.1, 0.15) is 59.5 Å². The van der Waals surface area contributed by atoms with E-state index >= 15 is 0 Å². The Kier molecular flexibility index (Phi) is 7.14. The fourth-order valence-corrected chi connectivity index (χ4v) is 8.40. The standard InChI is InChI=1S/C35H40N8O3S/c1-21-6-11-26(12-7-21)47(44,45)43-30-13-8-22(2)32(33(30)24(4)38-43)34-36-28-14-15-41(31-18-29(25-9-10-25)39-40(31)5)19-27(28)35(37-34)42-16-17-46-20-23(42)3/h6-8,11-13,18,23,25H,9-10,14-17,19-20H2,1-5H3/t23-/m1/s1. The summed E-state index contributed by atoms with van der Waals surface area (Å²) in [4.78, 5) is 15.5. The molecule has 0 unspecified atom stereocenters. The van der Waals surface area contributed by atoms with E-state index < -0.39 is 10.0 Å². The molecule has 5 heterocycles. The number of morpholine rings is 1. The Bertz CT molecular complexity index is 2130. The number of hydrogen-bond donors (Lipinski definition) is 0. The summed E-state index contributed by atoms with van der Waals surface area (Å²) in [7, 11) is -1.89. The van der Waals surface area contributed by atoms with Gasteiger partial charge in [0.15, 0.2) is 5.82 Å². The van der Waals surface area contributed by atoms with E-state index in [9.17, 15) is 8.42 Å². The highest BCUT2D eigenvalue weighted by Gasteiger charge is 2.33. The van der Waals surface area contributed by atoms with Crippen LogP contribution >= 0.6 is 0 Å². The van der Waals surface area contributed by atoms with Gasteiger partial charge in [-0.1, -0.05) is 23.8 Å². The molecule has 2 fully saturated rings. The first-order valence-corrected chi connectivity index (χ1v) is 17.9. The predicted octanol–water partition coefficient (Wildman–Crippen LogP) is 5.05. The minimum atomic E-state index is -3.93. The monoisotopic (exact) mass is 652 g/mol. The molecule has 11 nitrogen and oxygen atoms in total. The summed E-state index contributed by atoms with van der Waals surface area (Å²) in [5, 5.41) is 10.2. The lowest BCUT2D eigenvalue weighted by molar-refractivity contribution is 0.0984. The summed E-state index contributed by atoms with van der Waals surface area (Å²) in [6.45, 7) is 11.5. The van der Waals surface area contributed by atoms with Crippen molar-refractivity contribution in [3.8, 4) is 11.4 Å². The van der Waals surface area contributed by atoms with Gasteiger partial charge in [0, 0.05) is 61.6 Å². The van der Waals surface area contributed by atoms with Gasteiger partial charge < -0.3 is 14.5 Å². The molecule has 47 heavy (non-hydrogen) atoms. The molecular weight excluding hydrogens is 613 g/mol. The van der Waals surface area contributed by atoms with Gasteiger partial charge in [-0.25, -0.2) is 9.97 Å². The number of rotatable bonds is 6. The molecule has 1 saturated heterocycles. The molecule has 1 atom stereocenters. The van der Waals surface area contributed by atoms with E-state index in [1.165, 1.54) is 18.5 Å². The fraction of sp³-hybridized carbons (Fsp3) is 0.429. The zero-order valence-electron chi connectivity index (χ0n) is 27.6. The van der Waals surface area contributed by atoms with Crippen LogP contribution in [-0.4, -0.2) is 69.7 Å². The molecule has 2 aliphatic heterocycles. The van der Waals surface area contributed by atoms with Crippen LogP contribution in [0.25, 0.3) is 22.3 Å². The molecule has 3 aromatic heterocycles. The zero-order valence-corrected chi connectivity index (χ0v) is 28.4. The highest BCUT2D eigenvalue weighted by atomic mass is 32.2. The van der Waals surface area contributed by atoms with Gasteiger partial charge in [-0.3, -0.25) is 4.68 Å². The Morgan fingerprint density at radius 2 is 1.74 bits per heavy atom. The predicted molar refractivity (Wildman–Crippen MR) is 182 cm³/mol. The quantitative estimate of drug-likeness (QED) is 0.249. The van der Waals surface area contributed by atoms with Gasteiger partial charge in [-0.15, -0.1) is 0 Å². The minimum Gasteiger partial charge on any atom is -0.377 e. The number of hydrogen-bond acceptors (Lipinski definition) is 9. The molecule has 0 radical (unpaired) electrons. The van der Waals surface area contributed by atoms with Gasteiger partial charge in [-0.2, -0.15) is 22.7 Å². The van der Waals surface area contributed by atoms with E-state index in [0.717, 1.165) is 68.6 Å². The zero-order chi connectivity index (χ0) is 32.6. The summed E-state index contributed by atoms with van der Waals surface area (Å²) >= 11 is 0. The van der Waals surface area contributed by atoms with Gasteiger partial charge in [0.05, 0.1) is 46.7 Å². The molecule has 0 N–H and O–H groups in total. The second-order valence-corrected chi connectivity index (χ2v) is 15.1. The number of ether oxygens (including phenoxy) is 1. The highest BCUT2D eigenvalue weighted by molar-refractivity contribution is 7.90. The van der Waals surface area contributed by atoms with E-state index in [1.807, 2.05) is 44.6 Å². The molecular formula is C35H40N8O3S. The molecule has 2 aromatic carbocycles. The van der Waals surface area contributed by atoms with Gasteiger partial charge in [0.25, 0.3) is 10.0 Å². The van der Waals surface area contributed by atoms with Crippen LogP contribution in [0.4, 0.5) is 11.6 Å². The molecule has 0 bridgehead atoms. The Hall–Kier alpha value is -4.29. The molecule has 3 aliphatic rings. The second kappa shape index (κ2) is 11.2. The van der Waals surface area contributed by atoms with E-state index in [4.69, 9.17) is 19.8 Å². The Morgan fingerprint density at radius 3 is 2.49 bits per heavy atom. The van der Waals surface area contributed by atoms with Crippen molar-refractivity contribution in [3.63, 3.8) is 0 Å². The first-order chi connectivity index (χ1) is 22.6. The average Bonchev–Trinajstić information content (AvgIpc) is 3.75. The van der Waals surface area contributed by atoms with Crippen molar-refractivity contribution in [1.29, 1.82) is 0 Å². The van der Waals surface area contributed by atoms with Crippen molar-refractivity contribution in [3.05, 3.63) is 76.2 Å². The van der Waals surface area contributed by atoms with E-state index in [2.05, 4.69) is 27.9 Å². The molecule has 0 amide bonds. The maximum absolute atomic E-state index is 13.8. The largest absolute Gasteiger partial charge is 0.377 e. The number of aryl methyl sites for hydroxylation is 4. The fourth-order valence-electron chi connectivity index (χ4n) is 7.08. The van der Waals surface area contributed by atoms with Crippen LogP contribution in [0.2, 0.25) is 0 Å². The normalized spacial score (nSPS) is 18.6. The van der Waals surface area contributed by atoms with E-state index in [-0.39, 0.29) is 10.9 Å². The van der Waals surface area contributed by atoms with Crippen molar-refractivity contribution in [2.45, 2.75) is 70.4 Å². The molecule has 244 valence electrons. The first-order valence-electron chi connectivity index (χ1n) is 16.4. The van der Waals surface area contributed by atoms with Crippen molar-refractivity contribution in [1.82, 2.24) is 28.9 Å². The molecule has 8 rings (SSSR count). The summed E-state index contributed by atoms with van der Waals surface area (Å²) in [6.07, 6.45) is 3.20. The van der Waals surface area contributed by atoms with Crippen molar-refractivity contribution in [2.75, 3.05) is 36.1 Å². The topological polar surface area (TPSA) is 111 Å². The maximum Gasteiger partial charge on any atom is 0.283 e. The first kappa shape index (κ1) is 30.1. The lowest BCUT2D eigenvalue weighted by Crippen LogP contribution is -2.45. The Morgan fingerprint density at radius 1 is 0.957 bits per heavy atom. The van der Waals surface area contributed by atoms with Crippen LogP contribution in [-0.2, 0) is 34.8 Å². The highest BCUT2D eigenvalue weighted by Crippen LogP contribution is 2.42. The van der Waals surface area contributed by atoms with Gasteiger partial charge in [0.2, 0.25) is 0 Å². The van der Waals surface area contributed by atoms with Crippen LogP contribution < -0.4 is 9.80 Å². The van der Waals surface area contributed by atoms with Gasteiger partial charge >= 0.3 is 0 Å². The second-order valence-electron chi connectivity index (χ2n) is 13.3. The van der Waals surface area contributed by atoms with Crippen molar-refractivity contribution < 1.29 is 13.2 Å². The summed E-state index contributed by atoms with van der Waals surface area (Å²) in [6, 6.07) is 13.1. The maximum atomic E-state index is 13.8. The van der Waals surface area contributed by atoms with Gasteiger partial charge in [-0.05, 0) is 64.3 Å². The molecule has 12 heteroatoms. The third kappa shape index (κ3) is 5.09.